The Morgan fingerprint density at radius 3 is 2.70 bits per heavy atom. The Hall–Kier alpha value is -1.33. The van der Waals surface area contributed by atoms with Gasteiger partial charge in [-0.25, -0.2) is 12.4 Å². The number of benzene rings is 1. The summed E-state index contributed by atoms with van der Waals surface area (Å²) in [7, 11) is -3.50. The fourth-order valence-corrected chi connectivity index (χ4v) is 4.30. The first-order valence-corrected chi connectivity index (χ1v) is 8.53. The van der Waals surface area contributed by atoms with E-state index in [9.17, 15) is 8.42 Å². The van der Waals surface area contributed by atoms with Gasteiger partial charge in [0.05, 0.1) is 5.52 Å². The molecule has 0 aliphatic heterocycles. The van der Waals surface area contributed by atoms with Crippen LogP contribution in [-0.4, -0.2) is 17.1 Å². The summed E-state index contributed by atoms with van der Waals surface area (Å²) in [5.41, 5.74) is 0.718. The summed E-state index contributed by atoms with van der Waals surface area (Å²) in [6.07, 6.45) is 7.53. The number of hydrogen-bond acceptors (Lipinski definition) is 2. The minimum atomic E-state index is -3.50. The van der Waals surface area contributed by atoms with Crippen molar-refractivity contribution in [2.75, 3.05) is 0 Å². The zero-order chi connectivity index (χ0) is 14.4. The van der Waals surface area contributed by atoms with Crippen molar-refractivity contribution >= 4 is 36.9 Å². The molecule has 0 N–H and O–H groups in total. The highest BCUT2D eigenvalue weighted by Crippen LogP contribution is 2.33. The molecule has 3 rings (SSSR count). The maximum absolute atomic E-state index is 13.0. The first-order valence-electron chi connectivity index (χ1n) is 6.30. The molecule has 0 saturated heterocycles. The van der Waals surface area contributed by atoms with Gasteiger partial charge in [0.25, 0.3) is 0 Å². The average molecular weight is 352 g/mol. The fraction of sp³-hybridized carbons (Fsp3) is 0.200. The Morgan fingerprint density at radius 2 is 2.00 bits per heavy atom. The van der Waals surface area contributed by atoms with E-state index in [0.29, 0.717) is 6.42 Å². The summed E-state index contributed by atoms with van der Waals surface area (Å²) in [6.45, 7) is 1.75. The van der Waals surface area contributed by atoms with E-state index in [-0.39, 0.29) is 0 Å². The molecule has 1 aromatic carbocycles. The second kappa shape index (κ2) is 4.60. The highest BCUT2D eigenvalue weighted by Gasteiger charge is 2.39. The Kier molecular flexibility index (Phi) is 3.14. The van der Waals surface area contributed by atoms with Crippen molar-refractivity contribution in [3.8, 4) is 0 Å². The van der Waals surface area contributed by atoms with E-state index in [4.69, 9.17) is 0 Å². The molecule has 1 heterocycles. The molecule has 0 spiro atoms. The lowest BCUT2D eigenvalue weighted by Crippen LogP contribution is -2.37. The van der Waals surface area contributed by atoms with Gasteiger partial charge in [0.1, 0.15) is 4.75 Å². The van der Waals surface area contributed by atoms with E-state index in [1.54, 1.807) is 25.3 Å². The first kappa shape index (κ1) is 13.6. The number of aromatic nitrogens is 1. The predicted octanol–water partition coefficient (Wildman–Crippen LogP) is 3.82. The van der Waals surface area contributed by atoms with E-state index in [1.165, 1.54) is 3.97 Å². The van der Waals surface area contributed by atoms with Gasteiger partial charge in [-0.1, -0.05) is 52.4 Å². The largest absolute Gasteiger partial charge is 0.248 e. The molecule has 20 heavy (non-hydrogen) atoms. The lowest BCUT2D eigenvalue weighted by atomic mass is 10.0. The second-order valence-corrected chi connectivity index (χ2v) is 8.31. The van der Waals surface area contributed by atoms with Crippen molar-refractivity contribution in [3.63, 3.8) is 0 Å². The van der Waals surface area contributed by atoms with Gasteiger partial charge in [-0.3, -0.25) is 0 Å². The number of para-hydroxylation sites is 1. The molecule has 1 atom stereocenters. The maximum atomic E-state index is 13.0. The van der Waals surface area contributed by atoms with Gasteiger partial charge in [0.2, 0.25) is 10.0 Å². The molecular weight excluding hydrogens is 338 g/mol. The smallest absolute Gasteiger partial charge is 0.244 e. The quantitative estimate of drug-likeness (QED) is 0.824. The topological polar surface area (TPSA) is 39.1 Å². The summed E-state index contributed by atoms with van der Waals surface area (Å²) < 4.78 is 27.3. The highest BCUT2D eigenvalue weighted by atomic mass is 79.9. The Labute approximate surface area is 126 Å². The standard InChI is InChI=1S/C15H14BrNO2S/c1-15(9-6-13(16)7-10-15)20(18,19)17-11-8-12-4-2-3-5-14(12)17/h2-9,11H,10H2,1H3. The molecule has 1 aliphatic carbocycles. The van der Waals surface area contributed by atoms with Gasteiger partial charge in [0, 0.05) is 16.1 Å². The average Bonchev–Trinajstić information content (AvgIpc) is 2.86. The van der Waals surface area contributed by atoms with Crippen molar-refractivity contribution in [2.45, 2.75) is 18.1 Å². The van der Waals surface area contributed by atoms with E-state index < -0.39 is 14.8 Å². The molecule has 1 aliphatic rings. The van der Waals surface area contributed by atoms with Crippen LogP contribution in [0.5, 0.6) is 0 Å². The van der Waals surface area contributed by atoms with Crippen molar-refractivity contribution < 1.29 is 8.42 Å². The van der Waals surface area contributed by atoms with Gasteiger partial charge >= 0.3 is 0 Å². The highest BCUT2D eigenvalue weighted by molar-refractivity contribution is 9.11. The second-order valence-electron chi connectivity index (χ2n) is 5.11. The zero-order valence-electron chi connectivity index (χ0n) is 11.0. The van der Waals surface area contributed by atoms with Gasteiger partial charge < -0.3 is 0 Å². The van der Waals surface area contributed by atoms with Crippen LogP contribution < -0.4 is 0 Å². The number of allylic oxidation sites excluding steroid dienone is 3. The molecule has 1 unspecified atom stereocenters. The van der Waals surface area contributed by atoms with Crippen LogP contribution in [0.3, 0.4) is 0 Å². The van der Waals surface area contributed by atoms with Crippen molar-refractivity contribution in [1.29, 1.82) is 0 Å². The molecule has 2 aromatic rings. The fourth-order valence-electron chi connectivity index (χ4n) is 2.38. The molecule has 3 nitrogen and oxygen atoms in total. The van der Waals surface area contributed by atoms with E-state index >= 15 is 0 Å². The van der Waals surface area contributed by atoms with Crippen LogP contribution in [0.1, 0.15) is 13.3 Å². The van der Waals surface area contributed by atoms with Crippen LogP contribution in [0.4, 0.5) is 0 Å². The SMILES string of the molecule is CC1(S(=O)(=O)n2ccc3ccccc32)C=CC(Br)=CC1. The lowest BCUT2D eigenvalue weighted by Gasteiger charge is -2.27. The maximum Gasteiger partial charge on any atom is 0.248 e. The lowest BCUT2D eigenvalue weighted by molar-refractivity contribution is 0.555. The third-order valence-electron chi connectivity index (χ3n) is 3.71. The molecular formula is C15H14BrNO2S. The first-order chi connectivity index (χ1) is 9.44. The minimum absolute atomic E-state index is 0.457. The third kappa shape index (κ3) is 1.96. The predicted molar refractivity (Wildman–Crippen MR) is 85.4 cm³/mol. The summed E-state index contributed by atoms with van der Waals surface area (Å²) in [5.74, 6) is 0. The zero-order valence-corrected chi connectivity index (χ0v) is 13.4. The van der Waals surface area contributed by atoms with E-state index in [0.717, 1.165) is 15.4 Å². The van der Waals surface area contributed by atoms with Crippen molar-refractivity contribution in [3.05, 3.63) is 59.2 Å². The molecule has 0 saturated carbocycles. The van der Waals surface area contributed by atoms with Crippen LogP contribution in [0.2, 0.25) is 0 Å². The van der Waals surface area contributed by atoms with Gasteiger partial charge in [0.15, 0.2) is 0 Å². The molecule has 0 fully saturated rings. The molecule has 0 bridgehead atoms. The molecule has 5 heteroatoms. The number of rotatable bonds is 2. The number of hydrogen-bond donors (Lipinski definition) is 0. The normalized spacial score (nSPS) is 23.0. The summed E-state index contributed by atoms with van der Waals surface area (Å²) in [6, 6.07) is 9.32. The van der Waals surface area contributed by atoms with Crippen LogP contribution >= 0.6 is 15.9 Å². The molecule has 0 amide bonds. The Morgan fingerprint density at radius 1 is 1.25 bits per heavy atom. The van der Waals surface area contributed by atoms with Gasteiger partial charge in [-0.05, 0) is 25.5 Å². The van der Waals surface area contributed by atoms with Crippen LogP contribution in [0, 0.1) is 0 Å². The number of nitrogens with zero attached hydrogens (tertiary/aromatic N) is 1. The minimum Gasteiger partial charge on any atom is -0.244 e. The van der Waals surface area contributed by atoms with E-state index in [2.05, 4.69) is 15.9 Å². The number of halogens is 1. The van der Waals surface area contributed by atoms with E-state index in [1.807, 2.05) is 36.4 Å². The van der Waals surface area contributed by atoms with Crippen molar-refractivity contribution in [1.82, 2.24) is 3.97 Å². The Balaban J connectivity index is 2.16. The third-order valence-corrected chi connectivity index (χ3v) is 6.62. The summed E-state index contributed by atoms with van der Waals surface area (Å²) >= 11 is 3.37. The monoisotopic (exact) mass is 351 g/mol. The molecule has 0 radical (unpaired) electrons. The Bertz CT molecular complexity index is 832. The number of fused-ring (bicyclic) bond motifs is 1. The summed E-state index contributed by atoms with van der Waals surface area (Å²) in [5, 5.41) is 0.927. The summed E-state index contributed by atoms with van der Waals surface area (Å²) in [4.78, 5) is 0. The molecule has 104 valence electrons. The van der Waals surface area contributed by atoms with Crippen LogP contribution in [0.25, 0.3) is 10.9 Å². The van der Waals surface area contributed by atoms with Gasteiger partial charge in [-0.15, -0.1) is 0 Å². The van der Waals surface area contributed by atoms with Gasteiger partial charge in [-0.2, -0.15) is 0 Å². The molecule has 1 aromatic heterocycles. The van der Waals surface area contributed by atoms with Crippen LogP contribution in [-0.2, 0) is 10.0 Å². The van der Waals surface area contributed by atoms with Crippen LogP contribution in [0.15, 0.2) is 59.2 Å². The van der Waals surface area contributed by atoms with Crippen molar-refractivity contribution in [2.24, 2.45) is 0 Å².